The second kappa shape index (κ2) is 12.7. The van der Waals surface area contributed by atoms with Crippen molar-refractivity contribution >= 4 is 53.6 Å². The van der Waals surface area contributed by atoms with Crippen molar-refractivity contribution in [1.82, 2.24) is 0 Å². The lowest BCUT2D eigenvalue weighted by Gasteiger charge is -2.19. The number of fused-ring (bicyclic) bond motifs is 2. The molecule has 0 fully saturated rings. The minimum Gasteiger partial charge on any atom is -0.748 e. The highest BCUT2D eigenvalue weighted by Gasteiger charge is 2.30. The molecule has 0 amide bonds. The van der Waals surface area contributed by atoms with Crippen LogP contribution in [0.25, 0.3) is 38.5 Å². The molecule has 0 radical (unpaired) electrons. The first-order valence-corrected chi connectivity index (χ1v) is 18.3. The predicted octanol–water partition coefficient (Wildman–Crippen LogP) is 5.59. The maximum absolute atomic E-state index is 11.4. The van der Waals surface area contributed by atoms with Gasteiger partial charge < -0.3 is 18.7 Å². The minimum atomic E-state index is -4.41. The van der Waals surface area contributed by atoms with Crippen molar-refractivity contribution in [3.8, 4) is 28.0 Å². The van der Waals surface area contributed by atoms with Crippen molar-refractivity contribution in [1.29, 1.82) is 0 Å². The van der Waals surface area contributed by atoms with E-state index in [2.05, 4.69) is 0 Å². The number of hydrogen-bond acceptors (Lipinski definition) is 9. The van der Waals surface area contributed by atoms with Crippen LogP contribution in [0.5, 0.6) is 5.75 Å². The number of aromatic nitrogens is 1. The number of hydrogen-bond donors (Lipinski definition) is 0. The summed E-state index contributed by atoms with van der Waals surface area (Å²) in [5.74, 6) is 0.0197. The molecular weight excluding hydrogens is 633 g/mol. The molecule has 5 aromatic rings. The first-order chi connectivity index (χ1) is 21.5. The molecule has 4 aromatic carbocycles. The molecule has 0 unspecified atom stereocenters. The summed E-state index contributed by atoms with van der Waals surface area (Å²) in [6, 6.07) is 31.6. The highest BCUT2D eigenvalue weighted by atomic mass is 32.2. The summed E-state index contributed by atoms with van der Waals surface area (Å²) >= 11 is 1.49. The van der Waals surface area contributed by atoms with Crippen molar-refractivity contribution in [2.75, 3.05) is 23.0 Å². The molecule has 6 rings (SSSR count). The lowest BCUT2D eigenvalue weighted by molar-refractivity contribution is -0.668. The summed E-state index contributed by atoms with van der Waals surface area (Å²) < 4.78 is 77.8. The van der Waals surface area contributed by atoms with Crippen LogP contribution in [0.4, 0.5) is 5.69 Å². The van der Waals surface area contributed by atoms with E-state index in [9.17, 15) is 25.9 Å². The summed E-state index contributed by atoms with van der Waals surface area (Å²) in [7, 11) is -8.80. The third-order valence-electron chi connectivity index (χ3n) is 7.47. The zero-order valence-corrected chi connectivity index (χ0v) is 26.5. The van der Waals surface area contributed by atoms with Crippen LogP contribution in [0.3, 0.4) is 0 Å². The third-order valence-corrected chi connectivity index (χ3v) is 10.2. The normalized spacial score (nSPS) is 14.2. The fraction of sp³-hybridized carbons (Fsp3) is 0.182. The fourth-order valence-electron chi connectivity index (χ4n) is 5.40. The maximum atomic E-state index is 11.4. The van der Waals surface area contributed by atoms with Gasteiger partial charge in [0, 0.05) is 30.5 Å². The van der Waals surface area contributed by atoms with Gasteiger partial charge in [0.15, 0.2) is 12.3 Å². The molecule has 0 atom stereocenters. The lowest BCUT2D eigenvalue weighted by atomic mass is 10.0. The average Bonchev–Trinajstić information content (AvgIpc) is 3.53. The molecule has 9 nitrogen and oxygen atoms in total. The van der Waals surface area contributed by atoms with Crippen LogP contribution in [0.2, 0.25) is 0 Å². The van der Waals surface area contributed by atoms with Gasteiger partial charge in [0.2, 0.25) is 11.4 Å². The van der Waals surface area contributed by atoms with Crippen LogP contribution < -0.4 is 14.2 Å². The number of nitrogens with zero attached hydrogens (tertiary/aromatic N) is 2. The van der Waals surface area contributed by atoms with E-state index in [1.807, 2.05) is 113 Å². The molecule has 0 saturated carbocycles. The Kier molecular flexibility index (Phi) is 8.76. The SMILES string of the molecule is O=S(=O)([O-])CCCN1/C(=C\c2sc3ccc(-c4ccccc4)cc3[n+]2CCCS(=O)(=O)[O-])Oc2ccc(-c3ccccc3)cc21. The second-order valence-corrected chi connectivity index (χ2v) is 14.8. The van der Waals surface area contributed by atoms with E-state index >= 15 is 0 Å². The van der Waals surface area contributed by atoms with Gasteiger partial charge in [-0.25, -0.2) is 16.8 Å². The number of thiazole rings is 1. The highest BCUT2D eigenvalue weighted by molar-refractivity contribution is 7.85. The second-order valence-electron chi connectivity index (χ2n) is 10.7. The Hall–Kier alpha value is -4.07. The molecule has 0 N–H and O–H groups in total. The molecule has 45 heavy (non-hydrogen) atoms. The summed E-state index contributed by atoms with van der Waals surface area (Å²) in [6.07, 6.45) is 2.06. The van der Waals surface area contributed by atoms with E-state index in [0.717, 1.165) is 43.2 Å². The van der Waals surface area contributed by atoms with Gasteiger partial charge >= 0.3 is 0 Å². The van der Waals surface area contributed by atoms with Crippen LogP contribution in [0.1, 0.15) is 17.8 Å². The predicted molar refractivity (Wildman–Crippen MR) is 174 cm³/mol. The van der Waals surface area contributed by atoms with E-state index in [0.29, 0.717) is 11.6 Å². The topological polar surface area (TPSA) is 131 Å². The quantitative estimate of drug-likeness (QED) is 0.132. The Morgan fingerprint density at radius 3 is 1.98 bits per heavy atom. The van der Waals surface area contributed by atoms with E-state index in [1.165, 1.54) is 11.3 Å². The standard InChI is InChI=1S/C33H30N2O7S3/c36-44(37,38)19-7-17-34-28-21-26(24-9-3-1-4-10-24)13-15-30(28)42-32(34)23-33-35(18-8-20-45(39,40)41)29-22-27(14-16-31(29)43-33)25-11-5-2-6-12-25/h1-6,9-16,21-23H,7-8,17-20H2,(H-,36,37,38,39,40,41)/p-1. The Bertz CT molecular complexity index is 2090. The number of ether oxygens (including phenoxy) is 1. The fourth-order valence-corrected chi connectivity index (χ4v) is 7.46. The monoisotopic (exact) mass is 661 g/mol. The molecule has 0 spiro atoms. The van der Waals surface area contributed by atoms with Crippen LogP contribution in [-0.4, -0.2) is 44.0 Å². The lowest BCUT2D eigenvalue weighted by Crippen LogP contribution is -2.36. The van der Waals surface area contributed by atoms with E-state index in [-0.39, 0.29) is 25.9 Å². The molecule has 1 aromatic heterocycles. The Balaban J connectivity index is 1.42. The molecule has 2 heterocycles. The van der Waals surface area contributed by atoms with E-state index in [1.54, 1.807) is 0 Å². The number of benzene rings is 4. The molecule has 12 heteroatoms. The summed E-state index contributed by atoms with van der Waals surface area (Å²) in [5, 5.41) is 0.756. The first kappa shape index (κ1) is 30.9. The van der Waals surface area contributed by atoms with Crippen LogP contribution in [0.15, 0.2) is 103 Å². The zero-order chi connectivity index (χ0) is 31.6. The molecule has 0 bridgehead atoms. The Morgan fingerprint density at radius 2 is 1.33 bits per heavy atom. The van der Waals surface area contributed by atoms with Crippen molar-refractivity contribution in [2.24, 2.45) is 0 Å². The highest BCUT2D eigenvalue weighted by Crippen LogP contribution is 2.42. The molecular formula is C33H29N2O7S3-. The summed E-state index contributed by atoms with van der Waals surface area (Å²) in [6.45, 7) is 0.494. The van der Waals surface area contributed by atoms with Crippen molar-refractivity contribution in [3.63, 3.8) is 0 Å². The third kappa shape index (κ3) is 7.43. The number of aryl methyl sites for hydroxylation is 1. The van der Waals surface area contributed by atoms with Gasteiger partial charge in [-0.15, -0.1) is 0 Å². The van der Waals surface area contributed by atoms with E-state index < -0.39 is 31.7 Å². The van der Waals surface area contributed by atoms with E-state index in [4.69, 9.17) is 4.74 Å². The number of anilines is 1. The van der Waals surface area contributed by atoms with Gasteiger partial charge in [-0.2, -0.15) is 4.57 Å². The van der Waals surface area contributed by atoms with Gasteiger partial charge in [-0.05, 0) is 46.9 Å². The maximum Gasteiger partial charge on any atom is 0.268 e. The van der Waals surface area contributed by atoms with Gasteiger partial charge in [0.1, 0.15) is 4.70 Å². The molecule has 232 valence electrons. The van der Waals surface area contributed by atoms with Gasteiger partial charge in [-0.1, -0.05) is 84.1 Å². The van der Waals surface area contributed by atoms with Crippen LogP contribution in [-0.2, 0) is 26.8 Å². The molecule has 0 saturated heterocycles. The van der Waals surface area contributed by atoms with Crippen LogP contribution in [0, 0.1) is 0 Å². The van der Waals surface area contributed by atoms with Gasteiger partial charge in [0.25, 0.3) is 5.01 Å². The largest absolute Gasteiger partial charge is 0.748 e. The van der Waals surface area contributed by atoms with Crippen molar-refractivity contribution in [2.45, 2.75) is 19.4 Å². The molecule has 1 aliphatic rings. The molecule has 0 aliphatic carbocycles. The Labute approximate surface area is 266 Å². The smallest absolute Gasteiger partial charge is 0.268 e. The zero-order valence-electron chi connectivity index (χ0n) is 24.0. The minimum absolute atomic E-state index is 0.0930. The number of rotatable bonds is 11. The molecule has 1 aliphatic heterocycles. The van der Waals surface area contributed by atoms with Gasteiger partial charge in [-0.3, -0.25) is 0 Å². The van der Waals surface area contributed by atoms with Crippen molar-refractivity contribution < 1.29 is 35.2 Å². The average molecular weight is 662 g/mol. The summed E-state index contributed by atoms with van der Waals surface area (Å²) in [5.41, 5.74) is 5.59. The van der Waals surface area contributed by atoms with Crippen molar-refractivity contribution in [3.05, 3.63) is 108 Å². The first-order valence-electron chi connectivity index (χ1n) is 14.3. The summed E-state index contributed by atoms with van der Waals surface area (Å²) in [4.78, 5) is 1.86. The Morgan fingerprint density at radius 1 is 0.733 bits per heavy atom. The van der Waals surface area contributed by atoms with Gasteiger partial charge in [0.05, 0.1) is 32.0 Å². The van der Waals surface area contributed by atoms with Crippen LogP contribution >= 0.6 is 11.3 Å².